The fourth-order valence-electron chi connectivity index (χ4n) is 2.01. The van der Waals surface area contributed by atoms with E-state index in [1.54, 1.807) is 23.5 Å². The van der Waals surface area contributed by atoms with E-state index < -0.39 is 5.82 Å². The molecule has 0 saturated heterocycles. The van der Waals surface area contributed by atoms with Gasteiger partial charge in [-0.25, -0.2) is 14.4 Å². The second-order valence-corrected chi connectivity index (χ2v) is 6.32. The second-order valence-electron chi connectivity index (χ2n) is 5.48. The van der Waals surface area contributed by atoms with Crippen molar-refractivity contribution in [3.05, 3.63) is 46.2 Å². The number of hydrogen-bond acceptors (Lipinski definition) is 5. The molecule has 1 aromatic carbocycles. The number of nitriles is 1. The first-order valence-electron chi connectivity index (χ1n) is 7.86. The Labute approximate surface area is 151 Å². The lowest BCUT2D eigenvalue weighted by atomic mass is 10.1. The van der Waals surface area contributed by atoms with Gasteiger partial charge in [-0.1, -0.05) is 6.07 Å². The Morgan fingerprint density at radius 2 is 2.20 bits per heavy atom. The molecule has 2 rings (SSSR count). The number of nitrogens with one attached hydrogen (secondary N) is 2. The van der Waals surface area contributed by atoms with Gasteiger partial charge in [-0.2, -0.15) is 5.26 Å². The molecule has 0 bridgehead atoms. The van der Waals surface area contributed by atoms with Gasteiger partial charge >= 0.3 is 0 Å². The predicted molar refractivity (Wildman–Crippen MR) is 99.2 cm³/mol. The molecule has 0 fully saturated rings. The summed E-state index contributed by atoms with van der Waals surface area (Å²) in [5.74, 6) is 0.166. The Hall–Kier alpha value is -2.66. The normalized spacial score (nSPS) is 11.1. The van der Waals surface area contributed by atoms with Crippen LogP contribution in [0.1, 0.15) is 23.7 Å². The Kier molecular flexibility index (Phi) is 6.71. The zero-order valence-corrected chi connectivity index (χ0v) is 15.3. The van der Waals surface area contributed by atoms with E-state index in [-0.39, 0.29) is 6.54 Å². The molecular weight excluding hydrogens is 339 g/mol. The molecule has 0 atom stereocenters. The number of thiazole rings is 1. The SMILES string of the molecule is CCNC(=NCc1ccc(C#N)cc1F)NCc1csc(N(C)C)n1. The van der Waals surface area contributed by atoms with Crippen LogP contribution < -0.4 is 15.5 Å². The van der Waals surface area contributed by atoms with Gasteiger partial charge in [-0.15, -0.1) is 11.3 Å². The first-order valence-corrected chi connectivity index (χ1v) is 8.74. The van der Waals surface area contributed by atoms with Crippen LogP contribution in [0.5, 0.6) is 0 Å². The van der Waals surface area contributed by atoms with Crippen LogP contribution in [0, 0.1) is 17.1 Å². The molecule has 1 heterocycles. The minimum Gasteiger partial charge on any atom is -0.357 e. The van der Waals surface area contributed by atoms with Crippen LogP contribution in [0.25, 0.3) is 0 Å². The molecule has 2 N–H and O–H groups in total. The minimum atomic E-state index is -0.422. The molecule has 8 heteroatoms. The Morgan fingerprint density at radius 1 is 1.40 bits per heavy atom. The highest BCUT2D eigenvalue weighted by Crippen LogP contribution is 2.17. The summed E-state index contributed by atoms with van der Waals surface area (Å²) >= 11 is 1.58. The van der Waals surface area contributed by atoms with Gasteiger partial charge in [0.2, 0.25) is 0 Å². The molecule has 6 nitrogen and oxygen atoms in total. The van der Waals surface area contributed by atoms with Crippen molar-refractivity contribution in [2.75, 3.05) is 25.5 Å². The lowest BCUT2D eigenvalue weighted by Crippen LogP contribution is -2.36. The first kappa shape index (κ1) is 18.7. The molecule has 2 aromatic rings. The average molecular weight is 360 g/mol. The van der Waals surface area contributed by atoms with Gasteiger partial charge in [-0.05, 0) is 19.1 Å². The summed E-state index contributed by atoms with van der Waals surface area (Å²) in [7, 11) is 3.90. The largest absolute Gasteiger partial charge is 0.357 e. The highest BCUT2D eigenvalue weighted by Gasteiger charge is 2.06. The maximum absolute atomic E-state index is 13.9. The van der Waals surface area contributed by atoms with E-state index in [1.807, 2.05) is 37.4 Å². The lowest BCUT2D eigenvalue weighted by Gasteiger charge is -2.11. The maximum atomic E-state index is 13.9. The fourth-order valence-corrected chi connectivity index (χ4v) is 2.77. The molecule has 1 aromatic heterocycles. The molecule has 0 aliphatic heterocycles. The van der Waals surface area contributed by atoms with Crippen molar-refractivity contribution in [2.45, 2.75) is 20.0 Å². The Bertz CT molecular complexity index is 778. The van der Waals surface area contributed by atoms with Crippen molar-refractivity contribution in [3.63, 3.8) is 0 Å². The summed E-state index contributed by atoms with van der Waals surface area (Å²) < 4.78 is 13.9. The fraction of sp³-hybridized carbons (Fsp3) is 0.353. The van der Waals surface area contributed by atoms with Crippen molar-refractivity contribution in [1.82, 2.24) is 15.6 Å². The summed E-state index contributed by atoms with van der Waals surface area (Å²) in [6.45, 7) is 3.38. The molecular formula is C17H21FN6S. The van der Waals surface area contributed by atoms with Crippen LogP contribution in [0.2, 0.25) is 0 Å². The monoisotopic (exact) mass is 360 g/mol. The van der Waals surface area contributed by atoms with Crippen molar-refractivity contribution < 1.29 is 4.39 Å². The van der Waals surface area contributed by atoms with Gasteiger partial charge in [0.05, 0.1) is 30.4 Å². The summed E-state index contributed by atoms with van der Waals surface area (Å²) in [4.78, 5) is 10.9. The number of rotatable bonds is 6. The number of aromatic nitrogens is 1. The van der Waals surface area contributed by atoms with E-state index in [1.165, 1.54) is 6.07 Å². The predicted octanol–water partition coefficient (Wildman–Crippen LogP) is 2.48. The van der Waals surface area contributed by atoms with Crippen LogP contribution in [0.3, 0.4) is 0 Å². The van der Waals surface area contributed by atoms with Crippen LogP contribution in [-0.2, 0) is 13.1 Å². The van der Waals surface area contributed by atoms with Crippen LogP contribution >= 0.6 is 11.3 Å². The van der Waals surface area contributed by atoms with Crippen molar-refractivity contribution in [3.8, 4) is 6.07 Å². The van der Waals surface area contributed by atoms with E-state index in [2.05, 4.69) is 20.6 Å². The van der Waals surface area contributed by atoms with Crippen LogP contribution in [0.15, 0.2) is 28.6 Å². The smallest absolute Gasteiger partial charge is 0.191 e. The molecule has 0 radical (unpaired) electrons. The number of aliphatic imine (C=N–C) groups is 1. The number of guanidine groups is 1. The van der Waals surface area contributed by atoms with Gasteiger partial charge < -0.3 is 15.5 Å². The van der Waals surface area contributed by atoms with Crippen molar-refractivity contribution >= 4 is 22.4 Å². The van der Waals surface area contributed by atoms with Gasteiger partial charge in [0.25, 0.3) is 0 Å². The number of nitrogens with zero attached hydrogens (tertiary/aromatic N) is 4. The molecule has 0 unspecified atom stereocenters. The number of benzene rings is 1. The molecule has 0 saturated carbocycles. The highest BCUT2D eigenvalue weighted by atomic mass is 32.1. The molecule has 0 aliphatic rings. The van der Waals surface area contributed by atoms with Gasteiger partial charge in [-0.3, -0.25) is 0 Å². The summed E-state index contributed by atoms with van der Waals surface area (Å²) in [5, 5.41) is 18.0. The molecule has 25 heavy (non-hydrogen) atoms. The average Bonchev–Trinajstić information content (AvgIpc) is 3.07. The van der Waals surface area contributed by atoms with Gasteiger partial charge in [0.15, 0.2) is 11.1 Å². The van der Waals surface area contributed by atoms with Gasteiger partial charge in [0.1, 0.15) is 5.82 Å². The summed E-state index contributed by atoms with van der Waals surface area (Å²) in [5.41, 5.74) is 1.67. The highest BCUT2D eigenvalue weighted by molar-refractivity contribution is 7.13. The summed E-state index contributed by atoms with van der Waals surface area (Å²) in [6, 6.07) is 6.32. The third-order valence-corrected chi connectivity index (χ3v) is 4.35. The van der Waals surface area contributed by atoms with E-state index in [4.69, 9.17) is 5.26 Å². The van der Waals surface area contributed by atoms with Gasteiger partial charge in [0, 0.05) is 31.6 Å². The third kappa shape index (κ3) is 5.43. The molecule has 132 valence electrons. The Balaban J connectivity index is 2.01. The maximum Gasteiger partial charge on any atom is 0.191 e. The number of hydrogen-bond donors (Lipinski definition) is 2. The van der Waals surface area contributed by atoms with Crippen molar-refractivity contribution in [1.29, 1.82) is 5.26 Å². The number of halogens is 1. The standard InChI is InChI=1S/C17H21FN6S/c1-4-20-16(22-10-14-11-25-17(23-14)24(2)3)21-9-13-6-5-12(8-19)7-15(13)18/h5-7,11H,4,9-10H2,1-3H3,(H2,20,21,22). The zero-order chi connectivity index (χ0) is 18.2. The molecule has 0 spiro atoms. The quantitative estimate of drug-likeness (QED) is 0.611. The van der Waals surface area contributed by atoms with E-state index >= 15 is 0 Å². The van der Waals surface area contributed by atoms with E-state index in [0.717, 1.165) is 10.8 Å². The van der Waals surface area contributed by atoms with Crippen LogP contribution in [-0.4, -0.2) is 31.6 Å². The first-order chi connectivity index (χ1) is 12.0. The molecule has 0 amide bonds. The second kappa shape index (κ2) is 8.99. The van der Waals surface area contributed by atoms with E-state index in [9.17, 15) is 4.39 Å². The zero-order valence-electron chi connectivity index (χ0n) is 14.5. The van der Waals surface area contributed by atoms with E-state index in [0.29, 0.717) is 30.2 Å². The number of anilines is 1. The Morgan fingerprint density at radius 3 is 2.80 bits per heavy atom. The minimum absolute atomic E-state index is 0.187. The molecule has 0 aliphatic carbocycles. The third-order valence-electron chi connectivity index (χ3n) is 3.29. The van der Waals surface area contributed by atoms with Crippen molar-refractivity contribution in [2.24, 2.45) is 4.99 Å². The lowest BCUT2D eigenvalue weighted by molar-refractivity contribution is 0.609. The summed E-state index contributed by atoms with van der Waals surface area (Å²) in [6.07, 6.45) is 0. The topological polar surface area (TPSA) is 76.3 Å². The van der Waals surface area contributed by atoms with Crippen LogP contribution in [0.4, 0.5) is 9.52 Å².